The van der Waals surface area contributed by atoms with Crippen molar-refractivity contribution in [2.24, 2.45) is 16.7 Å². The van der Waals surface area contributed by atoms with Gasteiger partial charge in [-0.25, -0.2) is 0 Å². The van der Waals surface area contributed by atoms with Crippen LogP contribution in [0, 0.1) is 16.7 Å². The molecule has 0 N–H and O–H groups in total. The molecule has 0 radical (unpaired) electrons. The Morgan fingerprint density at radius 1 is 1.32 bits per heavy atom. The van der Waals surface area contributed by atoms with Crippen molar-refractivity contribution in [1.82, 2.24) is 0 Å². The van der Waals surface area contributed by atoms with Gasteiger partial charge >= 0.3 is 5.97 Å². The molecule has 2 saturated carbocycles. The predicted octanol–water partition coefficient (Wildman–Crippen LogP) is 3.54. The third kappa shape index (κ3) is 1.60. The Hall–Kier alpha value is -1.37. The molecule has 5 aliphatic rings. The minimum atomic E-state index is -0.803. The number of ether oxygens (including phenoxy) is 4. The maximum Gasteiger partial charge on any atom is 0.302 e. The van der Waals surface area contributed by atoms with Gasteiger partial charge in [0.25, 0.3) is 0 Å². The van der Waals surface area contributed by atoms with Crippen LogP contribution < -0.4 is 0 Å². The molecular weight excluding hydrogens is 360 g/mol. The van der Waals surface area contributed by atoms with E-state index in [1.54, 1.807) is 12.5 Å². The molecule has 8 atom stereocenters. The summed E-state index contributed by atoms with van der Waals surface area (Å²) in [6.45, 7) is 8.74. The number of carbonyl (C=O) groups excluding carboxylic acids is 1. The molecule has 4 heterocycles. The van der Waals surface area contributed by atoms with E-state index in [9.17, 15) is 4.79 Å². The molecule has 28 heavy (non-hydrogen) atoms. The van der Waals surface area contributed by atoms with E-state index < -0.39 is 16.8 Å². The molecule has 6 heteroatoms. The minimum absolute atomic E-state index is 0.114. The number of esters is 1. The van der Waals surface area contributed by atoms with E-state index in [1.165, 1.54) is 6.92 Å². The Bertz CT molecular complexity index is 851. The van der Waals surface area contributed by atoms with Crippen molar-refractivity contribution < 1.29 is 28.2 Å². The van der Waals surface area contributed by atoms with Gasteiger partial charge in [0.05, 0.1) is 36.3 Å². The number of hydrogen-bond acceptors (Lipinski definition) is 6. The number of furan rings is 1. The van der Waals surface area contributed by atoms with Gasteiger partial charge in [-0.3, -0.25) is 4.79 Å². The Labute approximate surface area is 164 Å². The highest BCUT2D eigenvalue weighted by atomic mass is 16.7. The summed E-state index contributed by atoms with van der Waals surface area (Å²) in [5, 5.41) is 0. The van der Waals surface area contributed by atoms with Crippen LogP contribution in [0.2, 0.25) is 0 Å². The fourth-order valence-corrected chi connectivity index (χ4v) is 7.62. The average molecular weight is 388 g/mol. The zero-order valence-electron chi connectivity index (χ0n) is 16.9. The van der Waals surface area contributed by atoms with Crippen LogP contribution >= 0.6 is 0 Å². The van der Waals surface area contributed by atoms with Gasteiger partial charge in [0, 0.05) is 24.3 Å². The van der Waals surface area contributed by atoms with Crippen molar-refractivity contribution in [3.8, 4) is 0 Å². The topological polar surface area (TPSA) is 70.4 Å². The normalized spacial score (nSPS) is 55.9. The largest absolute Gasteiger partial charge is 0.472 e. The van der Waals surface area contributed by atoms with Crippen LogP contribution in [0.15, 0.2) is 23.0 Å². The average Bonchev–Trinajstić information content (AvgIpc) is 3.00. The van der Waals surface area contributed by atoms with E-state index in [2.05, 4.69) is 20.8 Å². The number of hydrogen-bond donors (Lipinski definition) is 0. The minimum Gasteiger partial charge on any atom is -0.472 e. The molecule has 2 bridgehead atoms. The number of carbonyl (C=O) groups is 1. The second-order valence-corrected chi connectivity index (χ2v) is 10.0. The lowest BCUT2D eigenvalue weighted by molar-refractivity contribution is -0.392. The van der Waals surface area contributed by atoms with E-state index in [4.69, 9.17) is 23.4 Å². The van der Waals surface area contributed by atoms with Crippen molar-refractivity contribution in [2.45, 2.75) is 82.6 Å². The molecule has 2 aliphatic carbocycles. The van der Waals surface area contributed by atoms with Crippen LogP contribution in [-0.2, 0) is 29.5 Å². The molecule has 152 valence electrons. The summed E-state index contributed by atoms with van der Waals surface area (Å²) in [6, 6.07) is 1.94. The van der Waals surface area contributed by atoms with Gasteiger partial charge in [0.2, 0.25) is 0 Å². The quantitative estimate of drug-likeness (QED) is 0.570. The molecule has 6 nitrogen and oxygen atoms in total. The molecule has 0 amide bonds. The SMILES string of the molecule is CC(=O)OC1CC(C)C2(C)CC3(c4ccoc4)OCC14C1(C)OC1CCC24O3. The van der Waals surface area contributed by atoms with Gasteiger partial charge in [-0.15, -0.1) is 0 Å². The first kappa shape index (κ1) is 17.5. The summed E-state index contributed by atoms with van der Waals surface area (Å²) < 4.78 is 31.4. The summed E-state index contributed by atoms with van der Waals surface area (Å²) in [4.78, 5) is 12.1. The van der Waals surface area contributed by atoms with Gasteiger partial charge in [-0.2, -0.15) is 0 Å². The van der Waals surface area contributed by atoms with Gasteiger partial charge < -0.3 is 23.4 Å². The third-order valence-corrected chi connectivity index (χ3v) is 9.18. The fourth-order valence-electron chi connectivity index (χ4n) is 7.62. The van der Waals surface area contributed by atoms with Gasteiger partial charge in [0.1, 0.15) is 11.7 Å². The molecular formula is C22H28O6. The molecule has 1 aromatic rings. The van der Waals surface area contributed by atoms with Crippen molar-refractivity contribution in [3.05, 3.63) is 24.2 Å². The zero-order chi connectivity index (χ0) is 19.6. The van der Waals surface area contributed by atoms with Crippen LogP contribution in [0.5, 0.6) is 0 Å². The molecule has 1 spiro atoms. The van der Waals surface area contributed by atoms with Crippen LogP contribution in [0.4, 0.5) is 0 Å². The monoisotopic (exact) mass is 388 g/mol. The molecule has 3 aliphatic heterocycles. The molecule has 5 fully saturated rings. The van der Waals surface area contributed by atoms with Crippen LogP contribution in [0.1, 0.15) is 58.9 Å². The highest BCUT2D eigenvalue weighted by Crippen LogP contribution is 2.80. The second kappa shape index (κ2) is 4.85. The molecule has 8 unspecified atom stereocenters. The van der Waals surface area contributed by atoms with Crippen molar-refractivity contribution in [2.75, 3.05) is 6.61 Å². The first-order valence-corrected chi connectivity index (χ1v) is 10.4. The predicted molar refractivity (Wildman–Crippen MR) is 97.2 cm³/mol. The lowest BCUT2D eigenvalue weighted by atomic mass is 9.41. The first-order valence-electron chi connectivity index (χ1n) is 10.4. The molecule has 3 saturated heterocycles. The van der Waals surface area contributed by atoms with Crippen LogP contribution in [0.25, 0.3) is 0 Å². The Balaban J connectivity index is 1.58. The van der Waals surface area contributed by atoms with Crippen molar-refractivity contribution >= 4 is 5.97 Å². The molecule has 0 aromatic carbocycles. The second-order valence-electron chi connectivity index (χ2n) is 10.0. The number of rotatable bonds is 2. The maximum absolute atomic E-state index is 12.1. The highest BCUT2D eigenvalue weighted by Gasteiger charge is 2.89. The smallest absolute Gasteiger partial charge is 0.302 e. The first-order chi connectivity index (χ1) is 13.2. The zero-order valence-corrected chi connectivity index (χ0v) is 16.9. The summed E-state index contributed by atoms with van der Waals surface area (Å²) in [5.74, 6) is -0.733. The van der Waals surface area contributed by atoms with E-state index in [-0.39, 0.29) is 29.2 Å². The lowest BCUT2D eigenvalue weighted by Gasteiger charge is -2.66. The third-order valence-electron chi connectivity index (χ3n) is 9.18. The van der Waals surface area contributed by atoms with Gasteiger partial charge in [0.15, 0.2) is 5.79 Å². The fraction of sp³-hybridized carbons (Fsp3) is 0.773. The Kier molecular flexibility index (Phi) is 3.03. The van der Waals surface area contributed by atoms with E-state index >= 15 is 0 Å². The lowest BCUT2D eigenvalue weighted by Crippen LogP contribution is -2.77. The summed E-state index contributed by atoms with van der Waals surface area (Å²) in [7, 11) is 0. The summed E-state index contributed by atoms with van der Waals surface area (Å²) >= 11 is 0. The standard InChI is InChI=1S/C22H28O6/c1-13-9-17(26-14(2)23)20-12-25-21(15-6-8-24-10-15)11-18(13,3)22(20,28-21)7-5-16-19(20,4)27-16/h6,8,10,13,16-17H,5,7,9,11-12H2,1-4H3. The van der Waals surface area contributed by atoms with E-state index in [0.29, 0.717) is 12.5 Å². The van der Waals surface area contributed by atoms with Crippen molar-refractivity contribution in [1.29, 1.82) is 0 Å². The van der Waals surface area contributed by atoms with Gasteiger partial charge in [-0.05, 0) is 38.2 Å². The van der Waals surface area contributed by atoms with Crippen LogP contribution in [0.3, 0.4) is 0 Å². The van der Waals surface area contributed by atoms with E-state index in [1.807, 2.05) is 6.07 Å². The highest BCUT2D eigenvalue weighted by molar-refractivity contribution is 5.66. The van der Waals surface area contributed by atoms with Crippen LogP contribution in [-0.4, -0.2) is 36.0 Å². The van der Waals surface area contributed by atoms with Crippen molar-refractivity contribution in [3.63, 3.8) is 0 Å². The summed E-state index contributed by atoms with van der Waals surface area (Å²) in [5.41, 5.74) is -0.530. The summed E-state index contributed by atoms with van der Waals surface area (Å²) in [6.07, 6.45) is 6.76. The Morgan fingerprint density at radius 3 is 2.86 bits per heavy atom. The molecule has 1 aromatic heterocycles. The Morgan fingerprint density at radius 2 is 2.14 bits per heavy atom. The van der Waals surface area contributed by atoms with Gasteiger partial charge in [-0.1, -0.05) is 13.8 Å². The molecule has 6 rings (SSSR count). The van der Waals surface area contributed by atoms with E-state index in [0.717, 1.165) is 31.2 Å². The number of fused-ring (bicyclic) bond motifs is 2. The maximum atomic E-state index is 12.1. The number of epoxide rings is 1.